The summed E-state index contributed by atoms with van der Waals surface area (Å²) < 4.78 is 13.5. The van der Waals surface area contributed by atoms with Crippen LogP contribution in [-0.2, 0) is 13.1 Å². The quantitative estimate of drug-likeness (QED) is 0.916. The lowest BCUT2D eigenvalue weighted by molar-refractivity contribution is 0.0544. The predicted octanol–water partition coefficient (Wildman–Crippen LogP) is 3.44. The minimum absolute atomic E-state index is 0.144. The number of halogens is 1. The minimum Gasteiger partial charge on any atom is -0.326 e. The van der Waals surface area contributed by atoms with Gasteiger partial charge in [-0.05, 0) is 61.4 Å². The number of piperidine rings is 1. The molecule has 2 atom stereocenters. The topological polar surface area (TPSA) is 29.3 Å². The Kier molecular flexibility index (Phi) is 4.37. The van der Waals surface area contributed by atoms with Gasteiger partial charge in [0.05, 0.1) is 0 Å². The van der Waals surface area contributed by atoms with Crippen LogP contribution in [0.15, 0.2) is 18.2 Å². The smallest absolute Gasteiger partial charge is 0.123 e. The summed E-state index contributed by atoms with van der Waals surface area (Å²) in [5, 5.41) is 0. The van der Waals surface area contributed by atoms with Gasteiger partial charge in [0.1, 0.15) is 5.82 Å². The largest absolute Gasteiger partial charge is 0.326 e. The van der Waals surface area contributed by atoms with Crippen molar-refractivity contribution in [2.24, 2.45) is 11.7 Å². The zero-order valence-electron chi connectivity index (χ0n) is 12.2. The van der Waals surface area contributed by atoms with Gasteiger partial charge in [-0.1, -0.05) is 18.9 Å². The molecule has 1 aliphatic carbocycles. The Hall–Kier alpha value is -0.930. The third-order valence-electron chi connectivity index (χ3n) is 5.12. The van der Waals surface area contributed by atoms with E-state index in [1.807, 2.05) is 6.07 Å². The normalized spacial score (nSPS) is 27.3. The van der Waals surface area contributed by atoms with Crippen LogP contribution >= 0.6 is 0 Å². The van der Waals surface area contributed by atoms with Crippen LogP contribution in [0.3, 0.4) is 0 Å². The van der Waals surface area contributed by atoms with Crippen molar-refractivity contribution < 1.29 is 4.39 Å². The molecule has 0 amide bonds. The van der Waals surface area contributed by atoms with Crippen LogP contribution in [0.2, 0.25) is 0 Å². The fourth-order valence-electron chi connectivity index (χ4n) is 4.08. The van der Waals surface area contributed by atoms with E-state index in [1.54, 1.807) is 6.07 Å². The van der Waals surface area contributed by atoms with Gasteiger partial charge in [-0.25, -0.2) is 4.39 Å². The summed E-state index contributed by atoms with van der Waals surface area (Å²) >= 11 is 0. The summed E-state index contributed by atoms with van der Waals surface area (Å²) in [7, 11) is 0. The summed E-state index contributed by atoms with van der Waals surface area (Å²) in [5.41, 5.74) is 7.97. The van der Waals surface area contributed by atoms with Crippen LogP contribution in [0.1, 0.15) is 49.7 Å². The lowest BCUT2D eigenvalue weighted by Gasteiger charge is -2.44. The van der Waals surface area contributed by atoms with Crippen molar-refractivity contribution in [3.63, 3.8) is 0 Å². The molecule has 1 aromatic carbocycles. The molecule has 0 aromatic heterocycles. The van der Waals surface area contributed by atoms with E-state index in [1.165, 1.54) is 44.6 Å². The molecule has 2 nitrogen and oxygen atoms in total. The second-order valence-electron chi connectivity index (χ2n) is 6.34. The highest BCUT2D eigenvalue weighted by atomic mass is 19.1. The number of likely N-dealkylation sites (tertiary alicyclic amines) is 1. The molecule has 3 rings (SSSR count). The van der Waals surface area contributed by atoms with Crippen LogP contribution < -0.4 is 5.73 Å². The van der Waals surface area contributed by atoms with Crippen LogP contribution in [0.4, 0.5) is 4.39 Å². The first-order chi connectivity index (χ1) is 9.78. The summed E-state index contributed by atoms with van der Waals surface area (Å²) in [6.07, 6.45) is 8.11. The van der Waals surface area contributed by atoms with Gasteiger partial charge >= 0.3 is 0 Å². The summed E-state index contributed by atoms with van der Waals surface area (Å²) in [6.45, 7) is 2.52. The van der Waals surface area contributed by atoms with Gasteiger partial charge in [-0.15, -0.1) is 0 Å². The van der Waals surface area contributed by atoms with Crippen molar-refractivity contribution in [2.45, 2.75) is 57.7 Å². The van der Waals surface area contributed by atoms with Crippen molar-refractivity contribution in [1.29, 1.82) is 0 Å². The minimum atomic E-state index is -0.144. The number of rotatable bonds is 3. The Morgan fingerprint density at radius 2 is 1.90 bits per heavy atom. The molecule has 0 spiro atoms. The molecule has 1 heterocycles. The van der Waals surface area contributed by atoms with Gasteiger partial charge in [0, 0.05) is 19.1 Å². The van der Waals surface area contributed by atoms with Crippen molar-refractivity contribution in [1.82, 2.24) is 4.90 Å². The molecule has 20 heavy (non-hydrogen) atoms. The molecule has 1 saturated carbocycles. The van der Waals surface area contributed by atoms with Gasteiger partial charge in [0.25, 0.3) is 0 Å². The van der Waals surface area contributed by atoms with E-state index in [2.05, 4.69) is 4.90 Å². The molecule has 2 unspecified atom stereocenters. The zero-order valence-corrected chi connectivity index (χ0v) is 12.2. The van der Waals surface area contributed by atoms with Gasteiger partial charge in [0.15, 0.2) is 0 Å². The van der Waals surface area contributed by atoms with Crippen molar-refractivity contribution in [2.75, 3.05) is 6.54 Å². The lowest BCUT2D eigenvalue weighted by atomic mass is 9.78. The molecule has 1 saturated heterocycles. The molecular weight excluding hydrogens is 251 g/mol. The van der Waals surface area contributed by atoms with Gasteiger partial charge in [-0.2, -0.15) is 0 Å². The molecule has 1 aromatic rings. The first kappa shape index (κ1) is 14.0. The molecule has 2 fully saturated rings. The van der Waals surface area contributed by atoms with Gasteiger partial charge < -0.3 is 5.73 Å². The third kappa shape index (κ3) is 2.89. The van der Waals surface area contributed by atoms with Gasteiger partial charge in [-0.3, -0.25) is 4.90 Å². The van der Waals surface area contributed by atoms with Crippen molar-refractivity contribution in [3.05, 3.63) is 35.1 Å². The van der Waals surface area contributed by atoms with Crippen molar-refractivity contribution >= 4 is 0 Å². The van der Waals surface area contributed by atoms with Crippen LogP contribution in [0.5, 0.6) is 0 Å². The average molecular weight is 276 g/mol. The number of nitrogens with two attached hydrogens (primary N) is 1. The van der Waals surface area contributed by atoms with E-state index >= 15 is 0 Å². The molecular formula is C17H25FN2. The molecule has 2 N–H and O–H groups in total. The Bertz CT molecular complexity index is 458. The second kappa shape index (κ2) is 6.23. The number of fused-ring (bicyclic) bond motifs is 1. The highest BCUT2D eigenvalue weighted by Gasteiger charge is 2.33. The monoisotopic (exact) mass is 276 g/mol. The van der Waals surface area contributed by atoms with Crippen LogP contribution in [0, 0.1) is 11.7 Å². The van der Waals surface area contributed by atoms with E-state index in [-0.39, 0.29) is 5.82 Å². The fourth-order valence-corrected chi connectivity index (χ4v) is 4.08. The zero-order chi connectivity index (χ0) is 13.9. The van der Waals surface area contributed by atoms with E-state index < -0.39 is 0 Å². The molecule has 0 bridgehead atoms. The predicted molar refractivity (Wildman–Crippen MR) is 79.7 cm³/mol. The number of hydrogen-bond acceptors (Lipinski definition) is 2. The van der Waals surface area contributed by atoms with Crippen molar-refractivity contribution in [3.8, 4) is 0 Å². The van der Waals surface area contributed by atoms with Crippen LogP contribution in [0.25, 0.3) is 0 Å². The second-order valence-corrected chi connectivity index (χ2v) is 6.34. The summed E-state index contributed by atoms with van der Waals surface area (Å²) in [6, 6.07) is 5.75. The van der Waals surface area contributed by atoms with Gasteiger partial charge in [0.2, 0.25) is 0 Å². The standard InChI is InChI=1S/C17H25FN2/c18-16-8-7-14(11-19)15(10-16)12-20-9-3-5-13-4-1-2-6-17(13)20/h7-8,10,13,17H,1-6,9,11-12,19H2. The lowest BCUT2D eigenvalue weighted by Crippen LogP contribution is -2.46. The Balaban J connectivity index is 1.77. The average Bonchev–Trinajstić information content (AvgIpc) is 2.48. The highest BCUT2D eigenvalue weighted by molar-refractivity contribution is 5.28. The number of hydrogen-bond donors (Lipinski definition) is 1. The highest BCUT2D eigenvalue weighted by Crippen LogP contribution is 2.36. The molecule has 3 heteroatoms. The molecule has 110 valence electrons. The Labute approximate surface area is 121 Å². The van der Waals surface area contributed by atoms with E-state index in [4.69, 9.17) is 5.73 Å². The first-order valence-corrected chi connectivity index (χ1v) is 7.99. The number of nitrogens with zero attached hydrogens (tertiary/aromatic N) is 1. The SMILES string of the molecule is NCc1ccc(F)cc1CN1CCCC2CCCCC21. The van der Waals surface area contributed by atoms with E-state index in [9.17, 15) is 4.39 Å². The maximum absolute atomic E-state index is 13.5. The Morgan fingerprint density at radius 1 is 1.10 bits per heavy atom. The van der Waals surface area contributed by atoms with E-state index in [0.29, 0.717) is 12.6 Å². The third-order valence-corrected chi connectivity index (χ3v) is 5.12. The van der Waals surface area contributed by atoms with E-state index in [0.717, 1.165) is 30.1 Å². The Morgan fingerprint density at radius 3 is 2.75 bits per heavy atom. The summed E-state index contributed by atoms with van der Waals surface area (Å²) in [5.74, 6) is 0.724. The molecule has 0 radical (unpaired) electrons. The summed E-state index contributed by atoms with van der Waals surface area (Å²) in [4.78, 5) is 2.58. The maximum atomic E-state index is 13.5. The molecule has 1 aliphatic heterocycles. The first-order valence-electron chi connectivity index (χ1n) is 7.99. The maximum Gasteiger partial charge on any atom is 0.123 e. The van der Waals surface area contributed by atoms with Crippen LogP contribution in [-0.4, -0.2) is 17.5 Å². The number of benzene rings is 1. The molecule has 2 aliphatic rings. The fraction of sp³-hybridized carbons (Fsp3) is 0.647.